The maximum atomic E-state index is 12.2. The van der Waals surface area contributed by atoms with Crippen LogP contribution < -0.4 is 5.32 Å². The minimum Gasteiger partial charge on any atom is -0.349 e. The lowest BCUT2D eigenvalue weighted by atomic mass is 10.2. The summed E-state index contributed by atoms with van der Waals surface area (Å²) in [5.41, 5.74) is 1.33. The highest BCUT2D eigenvalue weighted by molar-refractivity contribution is 14.1. The molecule has 118 valence electrons. The molecule has 0 saturated carbocycles. The predicted octanol–water partition coefficient (Wildman–Crippen LogP) is 3.30. The molecule has 2 rings (SSSR count). The van der Waals surface area contributed by atoms with E-state index in [9.17, 15) is 4.79 Å². The number of amides is 1. The Balaban J connectivity index is 1.99. The van der Waals surface area contributed by atoms with Gasteiger partial charge in [-0.3, -0.25) is 9.69 Å². The van der Waals surface area contributed by atoms with Gasteiger partial charge in [-0.2, -0.15) is 0 Å². The number of nitrogens with zero attached hydrogens (tertiary/aromatic N) is 2. The highest BCUT2D eigenvalue weighted by Gasteiger charge is 2.10. The first-order valence-corrected chi connectivity index (χ1v) is 8.67. The largest absolute Gasteiger partial charge is 0.349 e. The van der Waals surface area contributed by atoms with E-state index in [0.717, 1.165) is 27.6 Å². The Hall–Kier alpha value is -1.21. The van der Waals surface area contributed by atoms with E-state index in [1.165, 1.54) is 0 Å². The van der Waals surface area contributed by atoms with E-state index in [1.807, 2.05) is 18.2 Å². The van der Waals surface area contributed by atoms with Crippen molar-refractivity contribution in [2.75, 3.05) is 19.6 Å². The van der Waals surface area contributed by atoms with Crippen molar-refractivity contribution in [2.45, 2.75) is 26.8 Å². The van der Waals surface area contributed by atoms with Crippen LogP contribution in [0.15, 0.2) is 30.3 Å². The van der Waals surface area contributed by atoms with Crippen LogP contribution in [0, 0.1) is 3.57 Å². The van der Waals surface area contributed by atoms with Gasteiger partial charge in [-0.25, -0.2) is 4.98 Å². The van der Waals surface area contributed by atoms with E-state index < -0.39 is 0 Å². The lowest BCUT2D eigenvalue weighted by Gasteiger charge is -2.24. The van der Waals surface area contributed by atoms with E-state index in [4.69, 9.17) is 0 Å². The van der Waals surface area contributed by atoms with E-state index in [1.54, 1.807) is 6.07 Å². The van der Waals surface area contributed by atoms with E-state index in [-0.39, 0.29) is 5.91 Å². The Morgan fingerprint density at radius 3 is 2.77 bits per heavy atom. The molecule has 1 heterocycles. The number of nitrogens with one attached hydrogen (secondary N) is 1. The molecule has 1 aromatic heterocycles. The maximum absolute atomic E-state index is 12.2. The van der Waals surface area contributed by atoms with Crippen molar-refractivity contribution in [3.05, 3.63) is 39.6 Å². The molecule has 22 heavy (non-hydrogen) atoms. The van der Waals surface area contributed by atoms with Gasteiger partial charge in [0.15, 0.2) is 0 Å². The highest BCUT2D eigenvalue weighted by atomic mass is 127. The second-order valence-electron chi connectivity index (χ2n) is 5.51. The van der Waals surface area contributed by atoms with Crippen molar-refractivity contribution in [2.24, 2.45) is 0 Å². The summed E-state index contributed by atoms with van der Waals surface area (Å²) in [6, 6.07) is 10.2. The van der Waals surface area contributed by atoms with Crippen LogP contribution in [-0.2, 0) is 0 Å². The normalized spacial score (nSPS) is 11.4. The third-order valence-corrected chi connectivity index (χ3v) is 4.38. The van der Waals surface area contributed by atoms with Gasteiger partial charge in [0.25, 0.3) is 5.91 Å². The summed E-state index contributed by atoms with van der Waals surface area (Å²) in [5, 5.41) is 4.01. The van der Waals surface area contributed by atoms with Crippen molar-refractivity contribution < 1.29 is 4.79 Å². The van der Waals surface area contributed by atoms with Crippen LogP contribution in [-0.4, -0.2) is 41.5 Å². The Morgan fingerprint density at radius 2 is 2.09 bits per heavy atom. The molecule has 1 amide bonds. The first kappa shape index (κ1) is 17.1. The van der Waals surface area contributed by atoms with Gasteiger partial charge in [0.05, 0.1) is 5.52 Å². The van der Waals surface area contributed by atoms with E-state index >= 15 is 0 Å². The summed E-state index contributed by atoms with van der Waals surface area (Å²) in [5.74, 6) is -0.111. The van der Waals surface area contributed by atoms with Gasteiger partial charge < -0.3 is 5.32 Å². The van der Waals surface area contributed by atoms with Crippen molar-refractivity contribution in [1.82, 2.24) is 15.2 Å². The van der Waals surface area contributed by atoms with Crippen LogP contribution in [0.2, 0.25) is 0 Å². The maximum Gasteiger partial charge on any atom is 0.269 e. The van der Waals surface area contributed by atoms with Gasteiger partial charge in [0, 0.05) is 28.1 Å². The summed E-state index contributed by atoms with van der Waals surface area (Å²) in [6.45, 7) is 8.94. The molecule has 0 aliphatic rings. The SMILES string of the molecule is CCN(CCNC(=O)c1ccc2cc(I)ccc2n1)C(C)C. The molecule has 0 saturated heterocycles. The minimum absolute atomic E-state index is 0.111. The van der Waals surface area contributed by atoms with Crippen LogP contribution in [0.5, 0.6) is 0 Å². The predicted molar refractivity (Wildman–Crippen MR) is 99.2 cm³/mol. The molecule has 0 unspecified atom stereocenters. The number of likely N-dealkylation sites (N-methyl/N-ethyl adjacent to an activating group) is 1. The summed E-state index contributed by atoms with van der Waals surface area (Å²) >= 11 is 2.27. The molecule has 1 aromatic carbocycles. The minimum atomic E-state index is -0.111. The number of pyridine rings is 1. The van der Waals surface area contributed by atoms with Gasteiger partial charge in [-0.05, 0) is 67.2 Å². The average Bonchev–Trinajstić information content (AvgIpc) is 2.50. The fraction of sp³-hybridized carbons (Fsp3) is 0.412. The van der Waals surface area contributed by atoms with Crippen LogP contribution in [0.4, 0.5) is 0 Å². The highest BCUT2D eigenvalue weighted by Crippen LogP contribution is 2.16. The third-order valence-electron chi connectivity index (χ3n) is 3.70. The summed E-state index contributed by atoms with van der Waals surface area (Å²) < 4.78 is 1.16. The lowest BCUT2D eigenvalue weighted by Crippen LogP contribution is -2.38. The molecule has 4 nitrogen and oxygen atoms in total. The first-order valence-electron chi connectivity index (χ1n) is 7.60. The summed E-state index contributed by atoms with van der Waals surface area (Å²) in [4.78, 5) is 19.0. The Bertz CT molecular complexity index is 657. The number of aromatic nitrogens is 1. The monoisotopic (exact) mass is 411 g/mol. The van der Waals surface area contributed by atoms with E-state index in [2.05, 4.69) is 64.6 Å². The topological polar surface area (TPSA) is 45.2 Å². The fourth-order valence-corrected chi connectivity index (χ4v) is 2.92. The van der Waals surface area contributed by atoms with Crippen molar-refractivity contribution in [3.8, 4) is 0 Å². The number of benzene rings is 1. The van der Waals surface area contributed by atoms with Crippen molar-refractivity contribution in [1.29, 1.82) is 0 Å². The van der Waals surface area contributed by atoms with Crippen LogP contribution in [0.3, 0.4) is 0 Å². The quantitative estimate of drug-likeness (QED) is 0.743. The molecular formula is C17H22IN3O. The fourth-order valence-electron chi connectivity index (χ4n) is 2.41. The number of halogens is 1. The Kier molecular flexibility index (Phi) is 6.14. The molecule has 1 N–H and O–H groups in total. The molecule has 0 atom stereocenters. The smallest absolute Gasteiger partial charge is 0.269 e. The van der Waals surface area contributed by atoms with Crippen LogP contribution in [0.25, 0.3) is 10.9 Å². The number of rotatable bonds is 6. The van der Waals surface area contributed by atoms with Gasteiger partial charge >= 0.3 is 0 Å². The average molecular weight is 411 g/mol. The first-order chi connectivity index (χ1) is 10.5. The molecule has 2 aromatic rings. The van der Waals surface area contributed by atoms with Gasteiger partial charge in [0.2, 0.25) is 0 Å². The number of hydrogen-bond donors (Lipinski definition) is 1. The zero-order chi connectivity index (χ0) is 16.1. The zero-order valence-corrected chi connectivity index (χ0v) is 15.4. The van der Waals surface area contributed by atoms with Crippen LogP contribution in [0.1, 0.15) is 31.3 Å². The van der Waals surface area contributed by atoms with E-state index in [0.29, 0.717) is 18.3 Å². The summed E-state index contributed by atoms with van der Waals surface area (Å²) in [6.07, 6.45) is 0. The van der Waals surface area contributed by atoms with Gasteiger partial charge in [-0.1, -0.05) is 13.0 Å². The van der Waals surface area contributed by atoms with Gasteiger partial charge in [0.1, 0.15) is 5.69 Å². The molecule has 0 spiro atoms. The second-order valence-corrected chi connectivity index (χ2v) is 6.76. The van der Waals surface area contributed by atoms with Crippen molar-refractivity contribution >= 4 is 39.4 Å². The molecule has 5 heteroatoms. The molecule has 0 bridgehead atoms. The lowest BCUT2D eigenvalue weighted by molar-refractivity contribution is 0.0941. The van der Waals surface area contributed by atoms with Crippen molar-refractivity contribution in [3.63, 3.8) is 0 Å². The Morgan fingerprint density at radius 1 is 1.32 bits per heavy atom. The van der Waals surface area contributed by atoms with Crippen LogP contribution >= 0.6 is 22.6 Å². The molecular weight excluding hydrogens is 389 g/mol. The number of carbonyl (C=O) groups excluding carboxylic acids is 1. The molecule has 0 radical (unpaired) electrons. The number of hydrogen-bond acceptors (Lipinski definition) is 3. The molecule has 0 fully saturated rings. The van der Waals surface area contributed by atoms with Gasteiger partial charge in [-0.15, -0.1) is 0 Å². The Labute approximate surface area is 145 Å². The summed E-state index contributed by atoms with van der Waals surface area (Å²) in [7, 11) is 0. The number of fused-ring (bicyclic) bond motifs is 1. The zero-order valence-electron chi connectivity index (χ0n) is 13.3. The second kappa shape index (κ2) is 7.87. The molecule has 0 aliphatic heterocycles. The number of carbonyl (C=O) groups is 1. The standard InChI is InChI=1S/C17H22IN3O/c1-4-21(12(2)3)10-9-19-17(22)16-7-5-13-11-14(18)6-8-15(13)20-16/h5-8,11-12H,4,9-10H2,1-3H3,(H,19,22). The third kappa shape index (κ3) is 4.39. The molecule has 0 aliphatic carbocycles.